The predicted molar refractivity (Wildman–Crippen MR) is 77.6 cm³/mol. The molecular weight excluding hydrogens is 260 g/mol. The summed E-state index contributed by atoms with van der Waals surface area (Å²) < 4.78 is 0. The van der Waals surface area contributed by atoms with Gasteiger partial charge in [-0.15, -0.1) is 11.8 Å². The number of aromatic nitrogens is 4. The van der Waals surface area contributed by atoms with Crippen LogP contribution in [0.2, 0.25) is 0 Å². The Bertz CT molecular complexity index is 548. The minimum Gasteiger partial charge on any atom is -0.368 e. The molecule has 1 saturated heterocycles. The maximum absolute atomic E-state index is 4.34. The second-order valence-corrected chi connectivity index (χ2v) is 5.45. The first-order valence-corrected chi connectivity index (χ1v) is 7.80. The van der Waals surface area contributed by atoms with Gasteiger partial charge in [-0.1, -0.05) is 0 Å². The zero-order chi connectivity index (χ0) is 13.1. The number of fused-ring (bicyclic) bond motifs is 1. The zero-order valence-electron chi connectivity index (χ0n) is 11.0. The molecule has 1 aliphatic heterocycles. The monoisotopic (exact) mass is 278 g/mol. The lowest BCUT2D eigenvalue weighted by Crippen LogP contribution is -2.26. The average molecular weight is 278 g/mol. The van der Waals surface area contributed by atoms with Crippen molar-refractivity contribution in [1.29, 1.82) is 0 Å². The topological polar surface area (TPSA) is 69.7 Å². The van der Waals surface area contributed by atoms with Gasteiger partial charge in [0.1, 0.15) is 17.2 Å². The molecule has 1 aliphatic rings. The Balaban J connectivity index is 1.71. The summed E-state index contributed by atoms with van der Waals surface area (Å²) in [6.07, 6.45) is 6.24. The van der Waals surface area contributed by atoms with E-state index >= 15 is 0 Å². The molecule has 0 aliphatic carbocycles. The van der Waals surface area contributed by atoms with Gasteiger partial charge < -0.3 is 10.2 Å². The molecule has 3 rings (SSSR count). The third kappa shape index (κ3) is 2.66. The first-order valence-electron chi connectivity index (χ1n) is 6.58. The number of hydrogen-bond donors (Lipinski definition) is 2. The van der Waals surface area contributed by atoms with Gasteiger partial charge in [-0.25, -0.2) is 9.97 Å². The number of aromatic amines is 1. The van der Waals surface area contributed by atoms with Crippen LogP contribution in [-0.4, -0.2) is 57.5 Å². The summed E-state index contributed by atoms with van der Waals surface area (Å²) in [4.78, 5) is 11.0. The van der Waals surface area contributed by atoms with Gasteiger partial charge in [0, 0.05) is 13.1 Å². The number of hydrogen-bond acceptors (Lipinski definition) is 6. The zero-order valence-corrected chi connectivity index (χ0v) is 11.8. The fourth-order valence-electron chi connectivity index (χ4n) is 2.45. The highest BCUT2D eigenvalue weighted by molar-refractivity contribution is 7.98. The molecule has 7 heteroatoms. The average Bonchev–Trinajstić information content (AvgIpc) is 3.07. The van der Waals surface area contributed by atoms with Crippen LogP contribution in [0.3, 0.4) is 0 Å². The summed E-state index contributed by atoms with van der Waals surface area (Å²) >= 11 is 1.61. The highest BCUT2D eigenvalue weighted by Gasteiger charge is 2.13. The van der Waals surface area contributed by atoms with Crippen LogP contribution in [0.5, 0.6) is 0 Å². The fourth-order valence-corrected chi connectivity index (χ4v) is 2.99. The molecule has 0 atom stereocenters. The molecule has 2 aromatic heterocycles. The van der Waals surface area contributed by atoms with Crippen LogP contribution in [0.4, 0.5) is 5.82 Å². The summed E-state index contributed by atoms with van der Waals surface area (Å²) in [6, 6.07) is 0. The molecule has 102 valence electrons. The minimum atomic E-state index is 0.794. The minimum absolute atomic E-state index is 0.794. The Morgan fingerprint density at radius 3 is 3.00 bits per heavy atom. The second kappa shape index (κ2) is 5.75. The number of nitrogens with zero attached hydrogens (tertiary/aromatic N) is 4. The van der Waals surface area contributed by atoms with Crippen LogP contribution in [-0.2, 0) is 0 Å². The standard InChI is InChI=1S/C12H18N6S/c1-19-12-9-10(14-8-15-11(9)16-17-12)13-4-7-18-5-2-3-6-18/h8H,2-7H2,1H3,(H2,13,14,15,16,17). The van der Waals surface area contributed by atoms with E-state index < -0.39 is 0 Å². The smallest absolute Gasteiger partial charge is 0.161 e. The van der Waals surface area contributed by atoms with Crippen LogP contribution in [0.25, 0.3) is 11.0 Å². The van der Waals surface area contributed by atoms with E-state index in [9.17, 15) is 0 Å². The maximum Gasteiger partial charge on any atom is 0.161 e. The van der Waals surface area contributed by atoms with Crippen molar-refractivity contribution in [3.05, 3.63) is 6.33 Å². The Hall–Kier alpha value is -1.34. The highest BCUT2D eigenvalue weighted by Crippen LogP contribution is 2.27. The SMILES string of the molecule is CSc1n[nH]c2ncnc(NCCN3CCCC3)c12. The molecular formula is C12H18N6S. The summed E-state index contributed by atoms with van der Waals surface area (Å²) in [5.74, 6) is 0.877. The third-order valence-corrected chi connectivity index (χ3v) is 4.12. The summed E-state index contributed by atoms with van der Waals surface area (Å²) in [7, 11) is 0. The summed E-state index contributed by atoms with van der Waals surface area (Å²) in [6.45, 7) is 4.42. The molecule has 1 fully saturated rings. The normalized spacial score (nSPS) is 16.3. The Kier molecular flexibility index (Phi) is 3.84. The van der Waals surface area contributed by atoms with E-state index in [0.717, 1.165) is 35.0 Å². The molecule has 6 nitrogen and oxygen atoms in total. The molecule has 0 aromatic carbocycles. The van der Waals surface area contributed by atoms with Gasteiger partial charge in [0.05, 0.1) is 5.39 Å². The van der Waals surface area contributed by atoms with E-state index in [1.807, 2.05) is 6.26 Å². The number of H-pyrrole nitrogens is 1. The van der Waals surface area contributed by atoms with Gasteiger partial charge in [0.15, 0.2) is 5.65 Å². The fraction of sp³-hybridized carbons (Fsp3) is 0.583. The molecule has 0 amide bonds. The van der Waals surface area contributed by atoms with Crippen LogP contribution in [0.15, 0.2) is 11.4 Å². The quantitative estimate of drug-likeness (QED) is 0.809. The number of nitrogens with one attached hydrogen (secondary N) is 2. The van der Waals surface area contributed by atoms with E-state index in [-0.39, 0.29) is 0 Å². The van der Waals surface area contributed by atoms with Crippen molar-refractivity contribution in [2.45, 2.75) is 17.9 Å². The predicted octanol–water partition coefficient (Wildman–Crippen LogP) is 1.58. The van der Waals surface area contributed by atoms with Crippen molar-refractivity contribution in [3.63, 3.8) is 0 Å². The third-order valence-electron chi connectivity index (χ3n) is 3.44. The lowest BCUT2D eigenvalue weighted by molar-refractivity contribution is 0.352. The largest absolute Gasteiger partial charge is 0.368 e. The number of likely N-dealkylation sites (tertiary alicyclic amines) is 1. The lowest BCUT2D eigenvalue weighted by Gasteiger charge is -2.15. The van der Waals surface area contributed by atoms with Gasteiger partial charge in [-0.3, -0.25) is 5.10 Å². The van der Waals surface area contributed by atoms with Crippen LogP contribution in [0, 0.1) is 0 Å². The molecule has 0 spiro atoms. The van der Waals surface area contributed by atoms with Crippen molar-refractivity contribution in [3.8, 4) is 0 Å². The van der Waals surface area contributed by atoms with Gasteiger partial charge in [0.25, 0.3) is 0 Å². The van der Waals surface area contributed by atoms with Crippen molar-refractivity contribution >= 4 is 28.6 Å². The Labute approximate surface area is 116 Å². The highest BCUT2D eigenvalue weighted by atomic mass is 32.2. The van der Waals surface area contributed by atoms with E-state index in [4.69, 9.17) is 0 Å². The first kappa shape index (κ1) is 12.7. The maximum atomic E-state index is 4.34. The van der Waals surface area contributed by atoms with Crippen molar-refractivity contribution in [2.24, 2.45) is 0 Å². The molecule has 19 heavy (non-hydrogen) atoms. The Morgan fingerprint density at radius 1 is 1.37 bits per heavy atom. The summed E-state index contributed by atoms with van der Waals surface area (Å²) in [5.41, 5.74) is 0.794. The molecule has 0 bridgehead atoms. The number of anilines is 1. The van der Waals surface area contributed by atoms with Crippen molar-refractivity contribution < 1.29 is 0 Å². The van der Waals surface area contributed by atoms with E-state index in [1.54, 1.807) is 18.1 Å². The lowest BCUT2D eigenvalue weighted by atomic mass is 10.4. The van der Waals surface area contributed by atoms with Crippen LogP contribution in [0.1, 0.15) is 12.8 Å². The van der Waals surface area contributed by atoms with Gasteiger partial charge in [0.2, 0.25) is 0 Å². The molecule has 2 N–H and O–H groups in total. The summed E-state index contributed by atoms with van der Waals surface area (Å²) in [5, 5.41) is 12.5. The van der Waals surface area contributed by atoms with E-state index in [2.05, 4.69) is 30.4 Å². The second-order valence-electron chi connectivity index (χ2n) is 4.65. The Morgan fingerprint density at radius 2 is 2.21 bits per heavy atom. The molecule has 0 radical (unpaired) electrons. The van der Waals surface area contributed by atoms with Crippen LogP contribution >= 0.6 is 11.8 Å². The van der Waals surface area contributed by atoms with Crippen molar-refractivity contribution in [2.75, 3.05) is 37.8 Å². The molecule has 2 aromatic rings. The first-order chi connectivity index (χ1) is 9.38. The number of rotatable bonds is 5. The van der Waals surface area contributed by atoms with E-state index in [1.165, 1.54) is 25.9 Å². The molecule has 3 heterocycles. The van der Waals surface area contributed by atoms with Crippen LogP contribution < -0.4 is 5.32 Å². The molecule has 0 unspecified atom stereocenters. The van der Waals surface area contributed by atoms with Gasteiger partial charge >= 0.3 is 0 Å². The molecule has 0 saturated carbocycles. The number of thioether (sulfide) groups is 1. The van der Waals surface area contributed by atoms with Crippen molar-refractivity contribution in [1.82, 2.24) is 25.1 Å². The van der Waals surface area contributed by atoms with E-state index in [0.29, 0.717) is 0 Å². The van der Waals surface area contributed by atoms with Gasteiger partial charge in [-0.2, -0.15) is 5.10 Å². The van der Waals surface area contributed by atoms with Gasteiger partial charge in [-0.05, 0) is 32.2 Å².